The van der Waals surface area contributed by atoms with E-state index >= 15 is 0 Å². The van der Waals surface area contributed by atoms with Gasteiger partial charge in [0.25, 0.3) is 0 Å². The van der Waals surface area contributed by atoms with E-state index < -0.39 is 6.03 Å². The van der Waals surface area contributed by atoms with Gasteiger partial charge >= 0.3 is 6.03 Å². The summed E-state index contributed by atoms with van der Waals surface area (Å²) < 4.78 is 0. The van der Waals surface area contributed by atoms with Crippen LogP contribution >= 0.6 is 11.8 Å². The molecule has 1 heterocycles. The molecule has 2 N–H and O–H groups in total. The van der Waals surface area contributed by atoms with Crippen molar-refractivity contribution in [3.63, 3.8) is 0 Å². The highest BCUT2D eigenvalue weighted by Crippen LogP contribution is 2.08. The lowest BCUT2D eigenvalue weighted by atomic mass is 10.8. The normalized spacial score (nSPS) is 14.6. The number of hydrazine groups is 1. The van der Waals surface area contributed by atoms with Gasteiger partial charge in [-0.2, -0.15) is 5.10 Å². The lowest BCUT2D eigenvalue weighted by molar-refractivity contribution is -0.119. The lowest BCUT2D eigenvalue weighted by Crippen LogP contribution is -2.45. The van der Waals surface area contributed by atoms with Crippen molar-refractivity contribution < 1.29 is 9.59 Å². The van der Waals surface area contributed by atoms with Crippen LogP contribution in [0.25, 0.3) is 0 Å². The van der Waals surface area contributed by atoms with Crippen LogP contribution in [0.2, 0.25) is 0 Å². The molecule has 7 heteroatoms. The van der Waals surface area contributed by atoms with Crippen LogP contribution in [-0.2, 0) is 4.79 Å². The molecule has 12 heavy (non-hydrogen) atoms. The van der Waals surface area contributed by atoms with Crippen molar-refractivity contribution in [1.82, 2.24) is 15.9 Å². The molecular formula is C5H8N4O2S. The van der Waals surface area contributed by atoms with E-state index in [-0.39, 0.29) is 5.91 Å². The van der Waals surface area contributed by atoms with Crippen LogP contribution in [0.5, 0.6) is 0 Å². The van der Waals surface area contributed by atoms with E-state index in [0.717, 1.165) is 0 Å². The summed E-state index contributed by atoms with van der Waals surface area (Å²) >= 11 is 1.41. The molecule has 0 spiro atoms. The summed E-state index contributed by atoms with van der Waals surface area (Å²) in [6.45, 7) is 1.31. The molecule has 0 atom stereocenters. The van der Waals surface area contributed by atoms with Crippen LogP contribution in [0.15, 0.2) is 5.10 Å². The van der Waals surface area contributed by atoms with E-state index in [1.54, 1.807) is 5.55 Å². The SMILES string of the molecule is CC(=O)NNC(=O)N1CSC=N1. The Kier molecular flexibility index (Phi) is 2.92. The summed E-state index contributed by atoms with van der Waals surface area (Å²) in [6, 6.07) is -0.438. The van der Waals surface area contributed by atoms with Gasteiger partial charge < -0.3 is 0 Å². The number of rotatable bonds is 0. The molecule has 0 fully saturated rings. The van der Waals surface area contributed by atoms with Crippen molar-refractivity contribution in [2.75, 3.05) is 5.88 Å². The second kappa shape index (κ2) is 3.96. The first-order valence-corrected chi connectivity index (χ1v) is 4.23. The minimum atomic E-state index is -0.438. The Morgan fingerprint density at radius 3 is 2.83 bits per heavy atom. The molecule has 66 valence electrons. The number of hydrogen-bond donors (Lipinski definition) is 2. The van der Waals surface area contributed by atoms with Crippen LogP contribution < -0.4 is 10.9 Å². The van der Waals surface area contributed by atoms with Gasteiger partial charge in [0.05, 0.1) is 11.4 Å². The van der Waals surface area contributed by atoms with Gasteiger partial charge in [-0.1, -0.05) is 11.8 Å². The number of urea groups is 1. The van der Waals surface area contributed by atoms with Crippen molar-refractivity contribution >= 4 is 29.2 Å². The van der Waals surface area contributed by atoms with Gasteiger partial charge in [-0.25, -0.2) is 15.2 Å². The quantitative estimate of drug-likeness (QED) is 0.512. The topological polar surface area (TPSA) is 73.8 Å². The number of thioether (sulfide) groups is 1. The van der Waals surface area contributed by atoms with Crippen LogP contribution in [0.4, 0.5) is 4.79 Å². The first-order valence-electron chi connectivity index (χ1n) is 3.18. The first kappa shape index (κ1) is 8.85. The monoisotopic (exact) mass is 188 g/mol. The molecular weight excluding hydrogens is 180 g/mol. The maximum atomic E-state index is 11.0. The van der Waals surface area contributed by atoms with E-state index in [4.69, 9.17) is 0 Å². The molecule has 1 rings (SSSR count). The molecule has 3 amide bonds. The van der Waals surface area contributed by atoms with Gasteiger partial charge in [-0.05, 0) is 0 Å². The number of hydrazone groups is 1. The highest BCUT2D eigenvalue weighted by atomic mass is 32.2. The van der Waals surface area contributed by atoms with Crippen LogP contribution in [0.3, 0.4) is 0 Å². The Hall–Kier alpha value is -1.24. The van der Waals surface area contributed by atoms with E-state index in [1.807, 2.05) is 0 Å². The van der Waals surface area contributed by atoms with Gasteiger partial charge in [0.15, 0.2) is 0 Å². The molecule has 0 unspecified atom stereocenters. The summed E-state index contributed by atoms with van der Waals surface area (Å²) in [5.74, 6) is 0.157. The number of carbonyl (C=O) groups excluding carboxylic acids is 2. The Morgan fingerprint density at radius 2 is 2.33 bits per heavy atom. The molecule has 0 saturated heterocycles. The third-order valence-corrected chi connectivity index (χ3v) is 1.67. The summed E-state index contributed by atoms with van der Waals surface area (Å²) in [6.07, 6.45) is 0. The Labute approximate surface area is 73.3 Å². The minimum absolute atomic E-state index is 0.320. The molecule has 6 nitrogen and oxygen atoms in total. The van der Waals surface area contributed by atoms with Gasteiger partial charge in [0.1, 0.15) is 0 Å². The fraction of sp³-hybridized carbons (Fsp3) is 0.400. The number of hydrogen-bond acceptors (Lipinski definition) is 4. The standard InChI is InChI=1S/C5H8N4O2S/c1-4(10)7-8-5(11)9-3-12-2-6-9/h2H,3H2,1H3,(H,7,10)(H,8,11). The van der Waals surface area contributed by atoms with E-state index in [0.29, 0.717) is 5.88 Å². The molecule has 1 aliphatic rings. The Morgan fingerprint density at radius 1 is 1.58 bits per heavy atom. The van der Waals surface area contributed by atoms with Crippen LogP contribution in [0, 0.1) is 0 Å². The van der Waals surface area contributed by atoms with Gasteiger partial charge in [0.2, 0.25) is 5.91 Å². The summed E-state index contributed by atoms with van der Waals surface area (Å²) in [5, 5.41) is 4.93. The predicted octanol–water partition coefficient (Wildman–Crippen LogP) is -0.303. The largest absolute Gasteiger partial charge is 0.357 e. The maximum absolute atomic E-state index is 11.0. The zero-order valence-electron chi connectivity index (χ0n) is 6.40. The van der Waals surface area contributed by atoms with Crippen molar-refractivity contribution in [1.29, 1.82) is 0 Å². The molecule has 0 aliphatic carbocycles. The number of carbonyl (C=O) groups is 2. The van der Waals surface area contributed by atoms with E-state index in [9.17, 15) is 9.59 Å². The fourth-order valence-electron chi connectivity index (χ4n) is 0.545. The molecule has 0 saturated carbocycles. The van der Waals surface area contributed by atoms with Crippen molar-refractivity contribution in [3.05, 3.63) is 0 Å². The molecule has 1 aliphatic heterocycles. The summed E-state index contributed by atoms with van der Waals surface area (Å²) in [4.78, 5) is 21.4. The number of amides is 3. The van der Waals surface area contributed by atoms with Gasteiger partial charge in [-0.15, -0.1) is 0 Å². The molecule has 0 aromatic rings. The number of nitrogens with one attached hydrogen (secondary N) is 2. The summed E-state index contributed by atoms with van der Waals surface area (Å²) in [7, 11) is 0. The third kappa shape index (κ3) is 2.42. The second-order valence-corrected chi connectivity index (χ2v) is 2.83. The van der Waals surface area contributed by atoms with Gasteiger partial charge in [-0.3, -0.25) is 10.2 Å². The minimum Gasteiger partial charge on any atom is -0.274 e. The van der Waals surface area contributed by atoms with Crippen molar-refractivity contribution in [3.8, 4) is 0 Å². The Bertz CT molecular complexity index is 229. The lowest BCUT2D eigenvalue weighted by Gasteiger charge is -2.11. The van der Waals surface area contributed by atoms with Crippen LogP contribution in [0.1, 0.15) is 6.92 Å². The van der Waals surface area contributed by atoms with Crippen LogP contribution in [-0.4, -0.2) is 28.4 Å². The molecule has 0 aromatic carbocycles. The van der Waals surface area contributed by atoms with E-state index in [2.05, 4.69) is 16.0 Å². The molecule has 0 radical (unpaired) electrons. The third-order valence-electron chi connectivity index (χ3n) is 1.04. The zero-order chi connectivity index (χ0) is 8.97. The predicted molar refractivity (Wildman–Crippen MR) is 45.1 cm³/mol. The highest BCUT2D eigenvalue weighted by Gasteiger charge is 2.14. The average molecular weight is 188 g/mol. The maximum Gasteiger partial charge on any atom is 0.357 e. The van der Waals surface area contributed by atoms with Crippen molar-refractivity contribution in [2.45, 2.75) is 6.92 Å². The van der Waals surface area contributed by atoms with Gasteiger partial charge in [0, 0.05) is 6.92 Å². The zero-order valence-corrected chi connectivity index (χ0v) is 7.22. The molecule has 0 aromatic heterocycles. The average Bonchev–Trinajstić information content (AvgIpc) is 2.51. The highest BCUT2D eigenvalue weighted by molar-refractivity contribution is 8.12. The first-order chi connectivity index (χ1) is 5.70. The second-order valence-electron chi connectivity index (χ2n) is 2.03. The van der Waals surface area contributed by atoms with Crippen molar-refractivity contribution in [2.24, 2.45) is 5.10 Å². The van der Waals surface area contributed by atoms with E-state index in [1.165, 1.54) is 23.7 Å². The smallest absolute Gasteiger partial charge is 0.274 e. The Balaban J connectivity index is 2.28. The molecule has 0 bridgehead atoms. The summed E-state index contributed by atoms with van der Waals surface area (Å²) in [5.41, 5.74) is 5.91. The number of nitrogens with zero attached hydrogens (tertiary/aromatic N) is 2. The fourth-order valence-corrected chi connectivity index (χ4v) is 1.12.